The zero-order valence-electron chi connectivity index (χ0n) is 19.2. The molecule has 1 aromatic heterocycles. The maximum absolute atomic E-state index is 13.7. The standard InChI is InChI=1S/C28H28N4O/c1-20-10-14-23(15-11-20)29-28(33)32-19-22-7-4-5-8-25(22)31-18-6-9-26(31)27(32)21-12-16-24(17-13-21)30(2)3/h4-18,27H,19H2,1-3H3,(H,29,33)/t27-/m1/s1. The molecule has 0 radical (unpaired) electrons. The van der Waals surface area contributed by atoms with Crippen molar-refractivity contribution in [2.45, 2.75) is 19.5 Å². The second-order valence-electron chi connectivity index (χ2n) is 8.74. The predicted octanol–water partition coefficient (Wildman–Crippen LogP) is 5.99. The average molecular weight is 437 g/mol. The molecule has 0 fully saturated rings. The summed E-state index contributed by atoms with van der Waals surface area (Å²) in [5.74, 6) is 0. The number of nitrogens with one attached hydrogen (secondary N) is 1. The molecule has 1 aliphatic rings. The predicted molar refractivity (Wildman–Crippen MR) is 134 cm³/mol. The van der Waals surface area contributed by atoms with Crippen molar-refractivity contribution in [1.29, 1.82) is 0 Å². The largest absolute Gasteiger partial charge is 0.378 e. The molecule has 2 heterocycles. The number of rotatable bonds is 3. The maximum Gasteiger partial charge on any atom is 0.322 e. The minimum Gasteiger partial charge on any atom is -0.378 e. The topological polar surface area (TPSA) is 40.5 Å². The first kappa shape index (κ1) is 20.9. The zero-order valence-corrected chi connectivity index (χ0v) is 19.2. The van der Waals surface area contributed by atoms with Gasteiger partial charge in [0.2, 0.25) is 0 Å². The van der Waals surface area contributed by atoms with E-state index in [-0.39, 0.29) is 12.1 Å². The first-order chi connectivity index (χ1) is 16.0. The highest BCUT2D eigenvalue weighted by Gasteiger charge is 2.33. The molecule has 33 heavy (non-hydrogen) atoms. The van der Waals surface area contributed by atoms with E-state index >= 15 is 0 Å². The number of nitrogens with zero attached hydrogens (tertiary/aromatic N) is 3. The minimum absolute atomic E-state index is 0.120. The summed E-state index contributed by atoms with van der Waals surface area (Å²) < 4.78 is 2.21. The molecule has 0 bridgehead atoms. The fourth-order valence-electron chi connectivity index (χ4n) is 4.48. The Balaban J connectivity index is 1.61. The van der Waals surface area contributed by atoms with Crippen LogP contribution in [0.3, 0.4) is 0 Å². The van der Waals surface area contributed by atoms with Crippen molar-refractivity contribution in [3.63, 3.8) is 0 Å². The number of amides is 2. The maximum atomic E-state index is 13.7. The number of carbonyl (C=O) groups is 1. The molecule has 0 saturated heterocycles. The lowest BCUT2D eigenvalue weighted by Crippen LogP contribution is -2.37. The van der Waals surface area contributed by atoms with Crippen molar-refractivity contribution >= 4 is 17.4 Å². The number of urea groups is 1. The molecular weight excluding hydrogens is 408 g/mol. The van der Waals surface area contributed by atoms with E-state index in [2.05, 4.69) is 69.5 Å². The summed E-state index contributed by atoms with van der Waals surface area (Å²) in [5.41, 5.74) is 7.44. The van der Waals surface area contributed by atoms with Crippen LogP contribution < -0.4 is 10.2 Å². The van der Waals surface area contributed by atoms with Gasteiger partial charge in [0.25, 0.3) is 0 Å². The Bertz CT molecular complexity index is 1270. The summed E-state index contributed by atoms with van der Waals surface area (Å²) in [5, 5.41) is 3.12. The molecule has 1 N–H and O–H groups in total. The third kappa shape index (κ3) is 3.98. The van der Waals surface area contributed by atoms with Gasteiger partial charge in [-0.05, 0) is 60.5 Å². The quantitative estimate of drug-likeness (QED) is 0.429. The van der Waals surface area contributed by atoms with Crippen molar-refractivity contribution in [2.75, 3.05) is 24.3 Å². The second-order valence-corrected chi connectivity index (χ2v) is 8.74. The molecule has 5 heteroatoms. The molecule has 0 aliphatic carbocycles. The summed E-state index contributed by atoms with van der Waals surface area (Å²) >= 11 is 0. The molecule has 166 valence electrons. The summed E-state index contributed by atoms with van der Waals surface area (Å²) in [7, 11) is 4.06. The van der Waals surface area contributed by atoms with Crippen molar-refractivity contribution in [3.05, 3.63) is 114 Å². The van der Waals surface area contributed by atoms with Crippen LogP contribution in [0.1, 0.15) is 28.4 Å². The molecule has 1 aliphatic heterocycles. The van der Waals surface area contributed by atoms with Gasteiger partial charge in [-0.1, -0.05) is 48.0 Å². The number of aryl methyl sites for hydroxylation is 1. The summed E-state index contributed by atoms with van der Waals surface area (Å²) in [6.07, 6.45) is 2.08. The van der Waals surface area contributed by atoms with Gasteiger partial charge in [0.05, 0.1) is 18.3 Å². The molecule has 5 rings (SSSR count). The Labute approximate surface area is 194 Å². The fraction of sp³-hybridized carbons (Fsp3) is 0.179. The zero-order chi connectivity index (χ0) is 22.9. The molecule has 0 saturated carbocycles. The van der Waals surface area contributed by atoms with Crippen LogP contribution in [0.25, 0.3) is 5.69 Å². The van der Waals surface area contributed by atoms with E-state index < -0.39 is 0 Å². The van der Waals surface area contributed by atoms with Crippen molar-refractivity contribution < 1.29 is 4.79 Å². The van der Waals surface area contributed by atoms with E-state index in [0.29, 0.717) is 6.54 Å². The van der Waals surface area contributed by atoms with E-state index in [9.17, 15) is 4.79 Å². The van der Waals surface area contributed by atoms with Gasteiger partial charge in [-0.15, -0.1) is 0 Å². The number of para-hydroxylation sites is 1. The van der Waals surface area contributed by atoms with Crippen molar-refractivity contribution in [1.82, 2.24) is 9.47 Å². The van der Waals surface area contributed by atoms with E-state index in [0.717, 1.165) is 39.4 Å². The molecule has 3 aromatic carbocycles. The summed E-state index contributed by atoms with van der Waals surface area (Å²) in [6, 6.07) is 28.5. The monoisotopic (exact) mass is 436 g/mol. The van der Waals surface area contributed by atoms with Crippen molar-refractivity contribution in [3.8, 4) is 5.69 Å². The van der Waals surface area contributed by atoms with Crippen molar-refractivity contribution in [2.24, 2.45) is 0 Å². The number of aromatic nitrogens is 1. The van der Waals surface area contributed by atoms with Crippen LogP contribution in [-0.2, 0) is 6.54 Å². The Hall–Kier alpha value is -3.99. The fourth-order valence-corrected chi connectivity index (χ4v) is 4.48. The number of hydrogen-bond acceptors (Lipinski definition) is 2. The number of fused-ring (bicyclic) bond motifs is 3. The smallest absolute Gasteiger partial charge is 0.322 e. The number of anilines is 2. The number of carbonyl (C=O) groups excluding carboxylic acids is 1. The Morgan fingerprint density at radius 3 is 2.36 bits per heavy atom. The van der Waals surface area contributed by atoms with Gasteiger partial charge in [0, 0.05) is 37.4 Å². The summed E-state index contributed by atoms with van der Waals surface area (Å²) in [6.45, 7) is 2.55. The van der Waals surface area contributed by atoms with E-state index in [1.165, 1.54) is 0 Å². The highest BCUT2D eigenvalue weighted by atomic mass is 16.2. The molecule has 5 nitrogen and oxygen atoms in total. The lowest BCUT2D eigenvalue weighted by atomic mass is 10.0. The first-order valence-corrected chi connectivity index (χ1v) is 11.2. The lowest BCUT2D eigenvalue weighted by molar-refractivity contribution is 0.194. The Morgan fingerprint density at radius 1 is 0.909 bits per heavy atom. The van der Waals surface area contributed by atoms with Gasteiger partial charge in [-0.2, -0.15) is 0 Å². The van der Waals surface area contributed by atoms with Gasteiger partial charge >= 0.3 is 6.03 Å². The molecule has 1 atom stereocenters. The van der Waals surface area contributed by atoms with Crippen LogP contribution in [0, 0.1) is 6.92 Å². The highest BCUT2D eigenvalue weighted by Crippen LogP contribution is 2.37. The van der Waals surface area contributed by atoms with Gasteiger partial charge in [-0.3, -0.25) is 0 Å². The van der Waals surface area contributed by atoms with Crippen LogP contribution in [-0.4, -0.2) is 29.6 Å². The molecular formula is C28H28N4O. The average Bonchev–Trinajstić information content (AvgIpc) is 3.25. The molecule has 2 amide bonds. The van der Waals surface area contributed by atoms with E-state index in [1.807, 2.05) is 62.3 Å². The van der Waals surface area contributed by atoms with Gasteiger partial charge in [-0.25, -0.2) is 4.79 Å². The number of hydrogen-bond donors (Lipinski definition) is 1. The van der Waals surface area contributed by atoms with Crippen LogP contribution in [0.2, 0.25) is 0 Å². The lowest BCUT2D eigenvalue weighted by Gasteiger charge is -2.31. The second kappa shape index (κ2) is 8.51. The van der Waals surface area contributed by atoms with Crippen LogP contribution in [0.4, 0.5) is 16.2 Å². The van der Waals surface area contributed by atoms with Gasteiger partial charge in [0.15, 0.2) is 0 Å². The minimum atomic E-state index is -0.228. The molecule has 0 spiro atoms. The van der Waals surface area contributed by atoms with E-state index in [1.54, 1.807) is 0 Å². The summed E-state index contributed by atoms with van der Waals surface area (Å²) in [4.78, 5) is 17.7. The van der Waals surface area contributed by atoms with Gasteiger partial charge in [0.1, 0.15) is 0 Å². The van der Waals surface area contributed by atoms with Crippen LogP contribution in [0.15, 0.2) is 91.1 Å². The van der Waals surface area contributed by atoms with Crippen LogP contribution in [0.5, 0.6) is 0 Å². The highest BCUT2D eigenvalue weighted by molar-refractivity contribution is 5.90. The first-order valence-electron chi connectivity index (χ1n) is 11.2. The van der Waals surface area contributed by atoms with Gasteiger partial charge < -0.3 is 19.7 Å². The van der Waals surface area contributed by atoms with Crippen LogP contribution >= 0.6 is 0 Å². The third-order valence-corrected chi connectivity index (χ3v) is 6.25. The van der Waals surface area contributed by atoms with E-state index in [4.69, 9.17) is 0 Å². The normalized spacial score (nSPS) is 14.8. The Morgan fingerprint density at radius 2 is 1.64 bits per heavy atom. The molecule has 0 unspecified atom stereocenters. The Kier molecular flexibility index (Phi) is 5.38. The SMILES string of the molecule is Cc1ccc(NC(=O)N2Cc3ccccc3-n3cccc3[C@H]2c2ccc(N(C)C)cc2)cc1. The third-order valence-electron chi connectivity index (χ3n) is 6.25. The molecule has 4 aromatic rings. The number of benzene rings is 3.